The molecule has 0 aliphatic heterocycles. The van der Waals surface area contributed by atoms with Gasteiger partial charge in [-0.3, -0.25) is 9.20 Å². The lowest BCUT2D eigenvalue weighted by Gasteiger charge is -2.17. The van der Waals surface area contributed by atoms with Crippen LogP contribution in [0.1, 0.15) is 38.1 Å². The maximum Gasteiger partial charge on any atom is 0.220 e. The predicted molar refractivity (Wildman–Crippen MR) is 89.8 cm³/mol. The lowest BCUT2D eigenvalue weighted by Crippen LogP contribution is -2.31. The molecular formula is C15H23N5OS. The Morgan fingerprint density at radius 1 is 1.41 bits per heavy atom. The molecule has 6 nitrogen and oxygen atoms in total. The fraction of sp³-hybridized carbons (Fsp3) is 0.533. The zero-order valence-corrected chi connectivity index (χ0v) is 13.8. The zero-order valence-electron chi connectivity index (χ0n) is 13.0. The first-order valence-corrected chi connectivity index (χ1v) is 8.84. The molecule has 0 bridgehead atoms. The van der Waals surface area contributed by atoms with Crippen LogP contribution in [0.25, 0.3) is 5.65 Å². The average molecular weight is 321 g/mol. The number of nitrogens with one attached hydrogen (secondary N) is 1. The van der Waals surface area contributed by atoms with Crippen molar-refractivity contribution >= 4 is 23.3 Å². The number of fused-ring (bicyclic) bond motifs is 1. The topological polar surface area (TPSA) is 85.3 Å². The van der Waals surface area contributed by atoms with E-state index in [4.69, 9.17) is 5.73 Å². The summed E-state index contributed by atoms with van der Waals surface area (Å²) in [6, 6.07) is 5.66. The Hall–Kier alpha value is -1.60. The van der Waals surface area contributed by atoms with Gasteiger partial charge in [0, 0.05) is 18.7 Å². The fourth-order valence-electron chi connectivity index (χ4n) is 2.22. The molecule has 22 heavy (non-hydrogen) atoms. The SMILES string of the molecule is CSCCC(NC(=O)CCC(C)N)c1nnc2ccccn12. The van der Waals surface area contributed by atoms with Gasteiger partial charge in [0.2, 0.25) is 5.91 Å². The van der Waals surface area contributed by atoms with Gasteiger partial charge in [0.25, 0.3) is 0 Å². The number of amides is 1. The van der Waals surface area contributed by atoms with Gasteiger partial charge in [0.05, 0.1) is 6.04 Å². The summed E-state index contributed by atoms with van der Waals surface area (Å²) in [5.41, 5.74) is 6.50. The Balaban J connectivity index is 2.13. The van der Waals surface area contributed by atoms with Crippen molar-refractivity contribution in [3.8, 4) is 0 Å². The smallest absolute Gasteiger partial charge is 0.220 e. The third-order valence-electron chi connectivity index (χ3n) is 3.42. The number of nitrogens with two attached hydrogens (primary N) is 1. The minimum Gasteiger partial charge on any atom is -0.346 e. The van der Waals surface area contributed by atoms with Crippen molar-refractivity contribution in [3.05, 3.63) is 30.2 Å². The molecule has 120 valence electrons. The number of carbonyl (C=O) groups excluding carboxylic acids is 1. The molecule has 2 heterocycles. The van der Waals surface area contributed by atoms with Crippen LogP contribution < -0.4 is 11.1 Å². The van der Waals surface area contributed by atoms with Crippen LogP contribution in [0.3, 0.4) is 0 Å². The van der Waals surface area contributed by atoms with Crippen molar-refractivity contribution in [2.75, 3.05) is 12.0 Å². The van der Waals surface area contributed by atoms with Crippen molar-refractivity contribution in [3.63, 3.8) is 0 Å². The van der Waals surface area contributed by atoms with Gasteiger partial charge in [0.1, 0.15) is 0 Å². The number of pyridine rings is 1. The minimum atomic E-state index is -0.134. The van der Waals surface area contributed by atoms with Crippen LogP contribution in [-0.4, -0.2) is 38.6 Å². The Morgan fingerprint density at radius 3 is 2.95 bits per heavy atom. The normalized spacial score (nSPS) is 14.0. The number of hydrogen-bond acceptors (Lipinski definition) is 5. The van der Waals surface area contributed by atoms with Gasteiger partial charge in [-0.05, 0) is 43.9 Å². The van der Waals surface area contributed by atoms with Gasteiger partial charge in [-0.25, -0.2) is 0 Å². The van der Waals surface area contributed by atoms with E-state index < -0.39 is 0 Å². The highest BCUT2D eigenvalue weighted by molar-refractivity contribution is 7.98. The Bertz CT molecular complexity index is 613. The van der Waals surface area contributed by atoms with Gasteiger partial charge in [-0.15, -0.1) is 10.2 Å². The standard InChI is InChI=1S/C15H23N5OS/c1-11(16)6-7-14(21)17-12(8-10-22-2)15-19-18-13-5-3-4-9-20(13)15/h3-5,9,11-12H,6-8,10,16H2,1-2H3,(H,17,21). The second kappa shape index (κ2) is 8.14. The summed E-state index contributed by atoms with van der Waals surface area (Å²) in [6.45, 7) is 1.91. The van der Waals surface area contributed by atoms with Gasteiger partial charge < -0.3 is 11.1 Å². The summed E-state index contributed by atoms with van der Waals surface area (Å²) in [7, 11) is 0. The van der Waals surface area contributed by atoms with Crippen LogP contribution in [0.15, 0.2) is 24.4 Å². The third-order valence-corrected chi connectivity index (χ3v) is 4.07. The van der Waals surface area contributed by atoms with E-state index >= 15 is 0 Å². The van der Waals surface area contributed by atoms with Gasteiger partial charge in [-0.1, -0.05) is 6.07 Å². The summed E-state index contributed by atoms with van der Waals surface area (Å²) in [5.74, 6) is 1.73. The Kier molecular flexibility index (Phi) is 6.21. The van der Waals surface area contributed by atoms with Crippen molar-refractivity contribution in [1.29, 1.82) is 0 Å². The number of hydrogen-bond donors (Lipinski definition) is 2. The molecule has 2 aromatic rings. The number of rotatable bonds is 8. The molecule has 0 spiro atoms. The quantitative estimate of drug-likeness (QED) is 0.774. The lowest BCUT2D eigenvalue weighted by molar-refractivity contribution is -0.122. The van der Waals surface area contributed by atoms with Crippen molar-refractivity contribution in [1.82, 2.24) is 19.9 Å². The molecule has 7 heteroatoms. The molecule has 0 aliphatic rings. The Labute approximate surface area is 134 Å². The average Bonchev–Trinajstić information content (AvgIpc) is 2.93. The van der Waals surface area contributed by atoms with Crippen molar-refractivity contribution < 1.29 is 4.79 Å². The number of aromatic nitrogens is 3. The maximum absolute atomic E-state index is 12.1. The van der Waals surface area contributed by atoms with Crippen LogP contribution in [0.5, 0.6) is 0 Å². The molecule has 0 radical (unpaired) electrons. The highest BCUT2D eigenvalue weighted by Gasteiger charge is 2.20. The minimum absolute atomic E-state index is 0.0103. The van der Waals surface area contributed by atoms with Crippen LogP contribution in [-0.2, 0) is 4.79 Å². The van der Waals surface area contributed by atoms with Crippen molar-refractivity contribution in [2.24, 2.45) is 5.73 Å². The molecule has 0 aromatic carbocycles. The van der Waals surface area contributed by atoms with E-state index in [0.29, 0.717) is 12.8 Å². The molecule has 2 unspecified atom stereocenters. The first kappa shape index (κ1) is 16.8. The first-order valence-electron chi connectivity index (χ1n) is 7.45. The van der Waals surface area contributed by atoms with Crippen molar-refractivity contribution in [2.45, 2.75) is 38.3 Å². The lowest BCUT2D eigenvalue weighted by atomic mass is 10.1. The molecule has 2 aromatic heterocycles. The molecule has 0 saturated carbocycles. The van der Waals surface area contributed by atoms with E-state index in [1.54, 1.807) is 11.8 Å². The Morgan fingerprint density at radius 2 is 2.23 bits per heavy atom. The van der Waals surface area contributed by atoms with E-state index in [9.17, 15) is 4.79 Å². The number of carbonyl (C=O) groups is 1. The van der Waals surface area contributed by atoms with Crippen LogP contribution in [0, 0.1) is 0 Å². The molecule has 1 amide bonds. The summed E-state index contributed by atoms with van der Waals surface area (Å²) >= 11 is 1.75. The van der Waals surface area contributed by atoms with E-state index in [0.717, 1.165) is 23.6 Å². The highest BCUT2D eigenvalue weighted by atomic mass is 32.2. The summed E-state index contributed by atoms with van der Waals surface area (Å²) in [5, 5.41) is 11.5. The predicted octanol–water partition coefficient (Wildman–Crippen LogP) is 1.77. The van der Waals surface area contributed by atoms with Gasteiger partial charge >= 0.3 is 0 Å². The van der Waals surface area contributed by atoms with E-state index in [1.807, 2.05) is 35.7 Å². The van der Waals surface area contributed by atoms with Crippen LogP contribution >= 0.6 is 11.8 Å². The molecular weight excluding hydrogens is 298 g/mol. The second-order valence-electron chi connectivity index (χ2n) is 5.40. The largest absolute Gasteiger partial charge is 0.346 e. The molecule has 0 fully saturated rings. The molecule has 2 rings (SSSR count). The molecule has 0 saturated heterocycles. The molecule has 0 aliphatic carbocycles. The van der Waals surface area contributed by atoms with E-state index in [1.165, 1.54) is 0 Å². The first-order chi connectivity index (χ1) is 10.6. The molecule has 2 atom stereocenters. The zero-order chi connectivity index (χ0) is 15.9. The van der Waals surface area contributed by atoms with Crippen LogP contribution in [0.2, 0.25) is 0 Å². The van der Waals surface area contributed by atoms with E-state index in [-0.39, 0.29) is 18.0 Å². The number of nitrogens with zero attached hydrogens (tertiary/aromatic N) is 3. The summed E-state index contributed by atoms with van der Waals surface area (Å²) < 4.78 is 1.93. The van der Waals surface area contributed by atoms with E-state index in [2.05, 4.69) is 21.8 Å². The second-order valence-corrected chi connectivity index (χ2v) is 6.39. The highest BCUT2D eigenvalue weighted by Crippen LogP contribution is 2.18. The van der Waals surface area contributed by atoms with Gasteiger partial charge in [0.15, 0.2) is 11.5 Å². The molecule has 3 N–H and O–H groups in total. The van der Waals surface area contributed by atoms with Gasteiger partial charge in [-0.2, -0.15) is 11.8 Å². The summed E-state index contributed by atoms with van der Waals surface area (Å²) in [4.78, 5) is 12.1. The summed E-state index contributed by atoms with van der Waals surface area (Å²) in [6.07, 6.45) is 5.91. The van der Waals surface area contributed by atoms with Crippen LogP contribution in [0.4, 0.5) is 0 Å². The number of thioether (sulfide) groups is 1. The maximum atomic E-state index is 12.1. The monoisotopic (exact) mass is 321 g/mol. The fourth-order valence-corrected chi connectivity index (χ4v) is 2.70. The third kappa shape index (κ3) is 4.45.